The molecule has 206 valence electrons. The average molecular weight is 532 g/mol. The van der Waals surface area contributed by atoms with Crippen molar-refractivity contribution in [3.8, 4) is 6.07 Å². The normalized spacial score (nSPS) is 31.8. The number of rotatable bonds is 7. The highest BCUT2D eigenvalue weighted by molar-refractivity contribution is 6.10. The highest BCUT2D eigenvalue weighted by Gasteiger charge is 2.45. The molecule has 2 saturated carbocycles. The van der Waals surface area contributed by atoms with Crippen LogP contribution in [0.2, 0.25) is 0 Å². The third kappa shape index (κ3) is 5.01. The van der Waals surface area contributed by atoms with Gasteiger partial charge < -0.3 is 14.5 Å². The lowest BCUT2D eigenvalue weighted by molar-refractivity contribution is -0.120. The van der Waals surface area contributed by atoms with Crippen molar-refractivity contribution in [2.75, 3.05) is 6.61 Å². The van der Waals surface area contributed by atoms with Crippen LogP contribution in [0.5, 0.6) is 0 Å². The fourth-order valence-electron chi connectivity index (χ4n) is 8.14. The molecule has 0 spiro atoms. The van der Waals surface area contributed by atoms with Crippen LogP contribution in [-0.4, -0.2) is 62.4 Å². The van der Waals surface area contributed by atoms with E-state index in [2.05, 4.69) is 15.0 Å². The molecule has 2 aliphatic carbocycles. The molecule has 5 unspecified atom stereocenters. The minimum absolute atomic E-state index is 0.000170. The Morgan fingerprint density at radius 1 is 1.05 bits per heavy atom. The lowest BCUT2D eigenvalue weighted by Gasteiger charge is -2.55. The average Bonchev–Trinajstić information content (AvgIpc) is 2.94. The van der Waals surface area contributed by atoms with Crippen LogP contribution in [0.15, 0.2) is 34.2 Å². The van der Waals surface area contributed by atoms with Gasteiger partial charge >= 0.3 is 0 Å². The van der Waals surface area contributed by atoms with Crippen molar-refractivity contribution in [2.45, 2.75) is 101 Å². The fraction of sp³-hybridized carbons (Fsp3) is 0.633. The molecule has 2 aliphatic heterocycles. The van der Waals surface area contributed by atoms with Crippen molar-refractivity contribution in [1.29, 1.82) is 5.26 Å². The summed E-state index contributed by atoms with van der Waals surface area (Å²) in [7, 11) is 0. The van der Waals surface area contributed by atoms with Crippen LogP contribution < -0.4 is 5.56 Å². The number of para-hydroxylation sites is 2. The smallest absolute Gasteiger partial charge is 0.280 e. The molecule has 0 amide bonds. The van der Waals surface area contributed by atoms with Crippen LogP contribution in [0.1, 0.15) is 82.4 Å². The maximum Gasteiger partial charge on any atom is 0.280 e. The van der Waals surface area contributed by atoms with E-state index in [9.17, 15) is 20.0 Å². The molecule has 4 bridgehead atoms. The first-order valence-corrected chi connectivity index (χ1v) is 14.6. The van der Waals surface area contributed by atoms with Gasteiger partial charge in [0.1, 0.15) is 6.07 Å². The monoisotopic (exact) mass is 531 g/mol. The summed E-state index contributed by atoms with van der Waals surface area (Å²) in [5.41, 5.74) is 0.608. The quantitative estimate of drug-likeness (QED) is 0.328. The van der Waals surface area contributed by atoms with Gasteiger partial charge in [0.2, 0.25) is 11.8 Å². The second kappa shape index (κ2) is 11.2. The summed E-state index contributed by atoms with van der Waals surface area (Å²) < 4.78 is 1.84. The van der Waals surface area contributed by atoms with Gasteiger partial charge in [-0.2, -0.15) is 5.26 Å². The van der Waals surface area contributed by atoms with Crippen LogP contribution >= 0.6 is 0 Å². The number of fused-ring (bicyclic) bond motifs is 5. The molecule has 0 radical (unpaired) electrons. The molecule has 1 aromatic carbocycles. The van der Waals surface area contributed by atoms with Crippen molar-refractivity contribution < 1.29 is 14.7 Å². The molecular weight excluding hydrogens is 494 g/mol. The molecule has 39 heavy (non-hydrogen) atoms. The molecule has 6 rings (SSSR count). The first kappa shape index (κ1) is 26.1. The number of aliphatic hydroxyl groups excluding tert-OH is 1. The van der Waals surface area contributed by atoms with E-state index in [0.29, 0.717) is 29.9 Å². The molecule has 3 heterocycles. The van der Waals surface area contributed by atoms with E-state index in [4.69, 9.17) is 4.84 Å². The molecule has 2 saturated heterocycles. The maximum atomic E-state index is 14.0. The number of carbonyl (C=O) groups is 1. The molecule has 2 aromatic rings. The van der Waals surface area contributed by atoms with Gasteiger partial charge in [-0.1, -0.05) is 43.0 Å². The number of benzene rings is 1. The first-order valence-electron chi connectivity index (χ1n) is 14.6. The molecule has 9 nitrogen and oxygen atoms in total. The largest absolute Gasteiger partial charge is 0.392 e. The van der Waals surface area contributed by atoms with Crippen LogP contribution in [-0.2, 0) is 9.63 Å². The predicted octanol–water partition coefficient (Wildman–Crippen LogP) is 3.73. The number of hydrogen-bond acceptors (Lipinski definition) is 8. The summed E-state index contributed by atoms with van der Waals surface area (Å²) in [5.74, 6) is 1.76. The number of aldehydes is 1. The Morgan fingerprint density at radius 2 is 1.74 bits per heavy atom. The van der Waals surface area contributed by atoms with E-state index in [0.717, 1.165) is 43.0 Å². The van der Waals surface area contributed by atoms with Crippen LogP contribution in [0.3, 0.4) is 0 Å². The standard InChI is InChI=1S/C30H37N5O4/c31-16-27(33-39-25(17-36)18-37)29-30(38)35(28-10-2-1-9-26(28)32-29)24-14-21-7-4-8-22(15-24)34(21)23-12-19-5-3-6-20(11-19)13-23/h1-2,9-10,17,19-25,37H,3-8,11-15,18H2. The van der Waals surface area contributed by atoms with E-state index in [-0.39, 0.29) is 23.0 Å². The minimum Gasteiger partial charge on any atom is -0.392 e. The SMILES string of the molecule is N#CC(=NOC(C=O)CO)c1nc2ccccc2n(C2CC3CCCC(C2)N3C2CC3CCCC(C3)C2)c1=O. The third-order valence-corrected chi connectivity index (χ3v) is 9.63. The van der Waals surface area contributed by atoms with E-state index in [1.165, 1.54) is 44.9 Å². The number of aromatic nitrogens is 2. The maximum absolute atomic E-state index is 14.0. The zero-order chi connectivity index (χ0) is 26.9. The van der Waals surface area contributed by atoms with Gasteiger partial charge in [-0.05, 0) is 68.9 Å². The predicted molar refractivity (Wildman–Crippen MR) is 146 cm³/mol. The van der Waals surface area contributed by atoms with E-state index in [1.54, 1.807) is 0 Å². The number of nitrogens with zero attached hydrogens (tertiary/aromatic N) is 5. The van der Waals surface area contributed by atoms with Gasteiger partial charge in [0, 0.05) is 24.2 Å². The van der Waals surface area contributed by atoms with E-state index < -0.39 is 12.7 Å². The van der Waals surface area contributed by atoms with Gasteiger partial charge in [-0.25, -0.2) is 4.98 Å². The molecule has 4 aliphatic rings. The van der Waals surface area contributed by atoms with Crippen molar-refractivity contribution in [3.63, 3.8) is 0 Å². The molecule has 5 atom stereocenters. The summed E-state index contributed by atoms with van der Waals surface area (Å²) in [6.45, 7) is -0.578. The summed E-state index contributed by atoms with van der Waals surface area (Å²) in [6, 6.07) is 11.0. The molecule has 4 fully saturated rings. The Balaban J connectivity index is 1.34. The number of hydrogen-bond donors (Lipinski definition) is 1. The molecule has 1 aromatic heterocycles. The fourth-order valence-corrected chi connectivity index (χ4v) is 8.14. The zero-order valence-corrected chi connectivity index (χ0v) is 22.3. The first-order chi connectivity index (χ1) is 19.1. The third-order valence-electron chi connectivity index (χ3n) is 9.63. The highest BCUT2D eigenvalue weighted by atomic mass is 16.6. The second-order valence-electron chi connectivity index (χ2n) is 12.0. The van der Waals surface area contributed by atoms with E-state index in [1.807, 2.05) is 34.9 Å². The van der Waals surface area contributed by atoms with Gasteiger partial charge in [0.15, 0.2) is 12.0 Å². The Morgan fingerprint density at radius 3 is 2.41 bits per heavy atom. The lowest BCUT2D eigenvalue weighted by Crippen LogP contribution is -2.58. The number of carbonyl (C=O) groups excluding carboxylic acids is 1. The van der Waals surface area contributed by atoms with Crippen molar-refractivity contribution in [3.05, 3.63) is 40.3 Å². The van der Waals surface area contributed by atoms with E-state index >= 15 is 0 Å². The minimum atomic E-state index is -1.21. The summed E-state index contributed by atoms with van der Waals surface area (Å²) in [6.07, 6.45) is 12.8. The summed E-state index contributed by atoms with van der Waals surface area (Å²) >= 11 is 0. The molecular formula is C30H37N5O4. The Bertz CT molecular complexity index is 1320. The number of piperidine rings is 2. The number of aliphatic hydroxyl groups is 1. The van der Waals surface area contributed by atoms with Gasteiger partial charge in [-0.15, -0.1) is 0 Å². The Kier molecular flexibility index (Phi) is 7.50. The van der Waals surface area contributed by atoms with Crippen molar-refractivity contribution in [2.24, 2.45) is 17.0 Å². The summed E-state index contributed by atoms with van der Waals surface area (Å²) in [4.78, 5) is 37.4. The van der Waals surface area contributed by atoms with Gasteiger partial charge in [-0.3, -0.25) is 14.5 Å². The van der Waals surface area contributed by atoms with Crippen LogP contribution in [0.4, 0.5) is 0 Å². The van der Waals surface area contributed by atoms with Gasteiger partial charge in [0.25, 0.3) is 5.56 Å². The van der Waals surface area contributed by atoms with Crippen molar-refractivity contribution >= 4 is 23.0 Å². The summed E-state index contributed by atoms with van der Waals surface area (Å²) in [5, 5.41) is 22.8. The van der Waals surface area contributed by atoms with Crippen LogP contribution in [0, 0.1) is 23.2 Å². The lowest BCUT2D eigenvalue weighted by atomic mass is 9.68. The second-order valence-corrected chi connectivity index (χ2v) is 12.0. The van der Waals surface area contributed by atoms with Crippen LogP contribution in [0.25, 0.3) is 11.0 Å². The topological polar surface area (TPSA) is 121 Å². The zero-order valence-electron chi connectivity index (χ0n) is 22.3. The van der Waals surface area contributed by atoms with Crippen molar-refractivity contribution in [1.82, 2.24) is 14.5 Å². The van der Waals surface area contributed by atoms with Gasteiger partial charge in [0.05, 0.1) is 17.6 Å². The Labute approximate surface area is 228 Å². The number of nitriles is 1. The molecule has 1 N–H and O–H groups in total. The molecule has 9 heteroatoms. The Hall–Kier alpha value is -3.09. The highest BCUT2D eigenvalue weighted by Crippen LogP contribution is 2.47. The number of oxime groups is 1.